The molecular weight excluding hydrogens is 405 g/mol. The first kappa shape index (κ1) is 20.0. The SMILES string of the molecule is CC1(O)CCC(NCc2nn3c(-c4cnc(N)c(C(F)(F)F)c4)cnc3s2)CC1. The highest BCUT2D eigenvalue weighted by Gasteiger charge is 2.34. The van der Waals surface area contributed by atoms with Crippen LogP contribution in [0.3, 0.4) is 0 Å². The summed E-state index contributed by atoms with van der Waals surface area (Å²) < 4.78 is 40.9. The molecule has 0 saturated heterocycles. The van der Waals surface area contributed by atoms with E-state index in [1.54, 1.807) is 0 Å². The second kappa shape index (κ2) is 7.22. The number of alkyl halides is 3. The molecule has 0 aromatic carbocycles. The molecule has 4 N–H and O–H groups in total. The number of halogens is 3. The number of hydrogen-bond acceptors (Lipinski definition) is 7. The molecule has 4 rings (SSSR count). The number of nitrogens with zero attached hydrogens (tertiary/aromatic N) is 4. The average Bonchev–Trinajstić information content (AvgIpc) is 3.21. The highest BCUT2D eigenvalue weighted by Crippen LogP contribution is 2.35. The molecule has 0 aliphatic heterocycles. The van der Waals surface area contributed by atoms with Gasteiger partial charge in [0.25, 0.3) is 0 Å². The minimum atomic E-state index is -4.58. The topological polar surface area (TPSA) is 101 Å². The van der Waals surface area contributed by atoms with Crippen LogP contribution in [0.2, 0.25) is 0 Å². The fourth-order valence-electron chi connectivity index (χ4n) is 3.52. The second-order valence-corrected chi connectivity index (χ2v) is 8.68. The van der Waals surface area contributed by atoms with Crippen LogP contribution >= 0.6 is 11.3 Å². The zero-order valence-electron chi connectivity index (χ0n) is 15.7. The number of nitrogens with two attached hydrogens (primary N) is 1. The van der Waals surface area contributed by atoms with Crippen molar-refractivity contribution < 1.29 is 18.3 Å². The summed E-state index contributed by atoms with van der Waals surface area (Å²) in [5, 5.41) is 18.8. The van der Waals surface area contributed by atoms with Crippen molar-refractivity contribution in [2.45, 2.75) is 57.0 Å². The van der Waals surface area contributed by atoms with Crippen molar-refractivity contribution in [3.05, 3.63) is 29.0 Å². The molecule has 1 aliphatic carbocycles. The zero-order chi connectivity index (χ0) is 20.8. The Morgan fingerprint density at radius 3 is 2.72 bits per heavy atom. The summed E-state index contributed by atoms with van der Waals surface area (Å²) in [4.78, 5) is 8.54. The molecule has 3 aromatic rings. The lowest BCUT2D eigenvalue weighted by Crippen LogP contribution is -2.39. The number of anilines is 1. The standard InChI is InChI=1S/C18H21F3N6OS/c1-17(28)4-2-11(3-5-17)23-9-14-26-27-13(8-25-16(27)29-14)10-6-12(18(19,20)21)15(22)24-7-10/h6-8,11,23,28H,2-5,9H2,1H3,(H2,22,24). The number of fused-ring (bicyclic) bond motifs is 1. The van der Waals surface area contributed by atoms with Gasteiger partial charge in [-0.3, -0.25) is 0 Å². The second-order valence-electron chi connectivity index (χ2n) is 7.64. The number of imidazole rings is 1. The van der Waals surface area contributed by atoms with Crippen molar-refractivity contribution in [2.75, 3.05) is 5.73 Å². The summed E-state index contributed by atoms with van der Waals surface area (Å²) in [6, 6.07) is 1.28. The quantitative estimate of drug-likeness (QED) is 0.592. The van der Waals surface area contributed by atoms with Crippen LogP contribution in [0, 0.1) is 0 Å². The van der Waals surface area contributed by atoms with Gasteiger partial charge in [-0.15, -0.1) is 0 Å². The highest BCUT2D eigenvalue weighted by atomic mass is 32.1. The van der Waals surface area contributed by atoms with Crippen LogP contribution in [0.5, 0.6) is 0 Å². The van der Waals surface area contributed by atoms with Crippen LogP contribution in [0.15, 0.2) is 18.5 Å². The lowest BCUT2D eigenvalue weighted by Gasteiger charge is -2.33. The third-order valence-corrected chi connectivity index (χ3v) is 6.17. The Kier molecular flexibility index (Phi) is 4.99. The highest BCUT2D eigenvalue weighted by molar-refractivity contribution is 7.16. The van der Waals surface area contributed by atoms with Gasteiger partial charge in [0.2, 0.25) is 4.96 Å². The van der Waals surface area contributed by atoms with E-state index in [0.717, 1.165) is 36.8 Å². The van der Waals surface area contributed by atoms with Crippen molar-refractivity contribution in [1.82, 2.24) is 24.9 Å². The minimum Gasteiger partial charge on any atom is -0.390 e. The lowest BCUT2D eigenvalue weighted by molar-refractivity contribution is -0.137. The van der Waals surface area contributed by atoms with Crippen molar-refractivity contribution in [3.8, 4) is 11.3 Å². The fraction of sp³-hybridized carbons (Fsp3) is 0.500. The van der Waals surface area contributed by atoms with E-state index in [1.165, 1.54) is 28.2 Å². The van der Waals surface area contributed by atoms with Gasteiger partial charge in [0.15, 0.2) is 0 Å². The van der Waals surface area contributed by atoms with E-state index < -0.39 is 23.2 Å². The maximum Gasteiger partial charge on any atom is 0.419 e. The predicted molar refractivity (Wildman–Crippen MR) is 103 cm³/mol. The normalized spacial score (nSPS) is 23.0. The number of nitrogen functional groups attached to an aromatic ring is 1. The summed E-state index contributed by atoms with van der Waals surface area (Å²) in [7, 11) is 0. The maximum atomic E-state index is 13.1. The molecular formula is C18H21F3N6OS. The molecule has 0 unspecified atom stereocenters. The molecule has 0 atom stereocenters. The third-order valence-electron chi connectivity index (χ3n) is 5.25. The number of nitrogens with one attached hydrogen (secondary N) is 1. The summed E-state index contributed by atoms with van der Waals surface area (Å²) in [5.41, 5.74) is 4.49. The maximum absolute atomic E-state index is 13.1. The lowest BCUT2D eigenvalue weighted by atomic mass is 9.84. The molecule has 0 amide bonds. The van der Waals surface area contributed by atoms with Crippen LogP contribution in [-0.4, -0.2) is 36.3 Å². The van der Waals surface area contributed by atoms with Crippen molar-refractivity contribution >= 4 is 22.1 Å². The van der Waals surface area contributed by atoms with Crippen LogP contribution < -0.4 is 11.1 Å². The monoisotopic (exact) mass is 426 g/mol. The Bertz CT molecular complexity index is 1020. The van der Waals surface area contributed by atoms with Gasteiger partial charge in [-0.2, -0.15) is 18.3 Å². The molecule has 3 aromatic heterocycles. The number of aliphatic hydroxyl groups is 1. The Labute approximate surface area is 168 Å². The molecule has 0 radical (unpaired) electrons. The largest absolute Gasteiger partial charge is 0.419 e. The molecule has 1 saturated carbocycles. The first-order valence-electron chi connectivity index (χ1n) is 9.25. The number of aromatic nitrogens is 4. The first-order valence-corrected chi connectivity index (χ1v) is 10.1. The van der Waals surface area contributed by atoms with E-state index in [4.69, 9.17) is 5.73 Å². The molecule has 3 heterocycles. The molecule has 156 valence electrons. The molecule has 29 heavy (non-hydrogen) atoms. The molecule has 0 spiro atoms. The molecule has 11 heteroatoms. The van der Waals surface area contributed by atoms with E-state index in [9.17, 15) is 18.3 Å². The van der Waals surface area contributed by atoms with Crippen molar-refractivity contribution in [1.29, 1.82) is 0 Å². The Hall–Kier alpha value is -2.24. The summed E-state index contributed by atoms with van der Waals surface area (Å²) in [6.45, 7) is 2.39. The summed E-state index contributed by atoms with van der Waals surface area (Å²) >= 11 is 1.38. The van der Waals surface area contributed by atoms with Gasteiger partial charge in [0, 0.05) is 24.3 Å². The van der Waals surface area contributed by atoms with Gasteiger partial charge < -0.3 is 16.2 Å². The van der Waals surface area contributed by atoms with E-state index in [0.29, 0.717) is 23.2 Å². The Morgan fingerprint density at radius 1 is 1.31 bits per heavy atom. The predicted octanol–water partition coefficient (Wildman–Crippen LogP) is 3.24. The van der Waals surface area contributed by atoms with Crippen LogP contribution in [0.4, 0.5) is 19.0 Å². The molecule has 1 fully saturated rings. The van der Waals surface area contributed by atoms with E-state index >= 15 is 0 Å². The van der Waals surface area contributed by atoms with Gasteiger partial charge in [0.05, 0.1) is 23.1 Å². The van der Waals surface area contributed by atoms with Crippen LogP contribution in [0.25, 0.3) is 16.2 Å². The van der Waals surface area contributed by atoms with Gasteiger partial charge in [-0.25, -0.2) is 14.5 Å². The smallest absolute Gasteiger partial charge is 0.390 e. The van der Waals surface area contributed by atoms with Gasteiger partial charge in [-0.05, 0) is 38.7 Å². The van der Waals surface area contributed by atoms with E-state index in [1.807, 2.05) is 6.92 Å². The molecule has 0 bridgehead atoms. The van der Waals surface area contributed by atoms with E-state index in [-0.39, 0.29) is 5.56 Å². The number of pyridine rings is 1. The first-order chi connectivity index (χ1) is 13.6. The fourth-order valence-corrected chi connectivity index (χ4v) is 4.34. The molecule has 1 aliphatic rings. The molecule has 7 nitrogen and oxygen atoms in total. The Morgan fingerprint density at radius 2 is 2.03 bits per heavy atom. The summed E-state index contributed by atoms with van der Waals surface area (Å²) in [5.74, 6) is -0.559. The minimum absolute atomic E-state index is 0.248. The van der Waals surface area contributed by atoms with Crippen molar-refractivity contribution in [2.24, 2.45) is 0 Å². The van der Waals surface area contributed by atoms with E-state index in [2.05, 4.69) is 20.4 Å². The Balaban J connectivity index is 1.53. The number of rotatable bonds is 4. The van der Waals surface area contributed by atoms with Gasteiger partial charge >= 0.3 is 6.18 Å². The zero-order valence-corrected chi connectivity index (χ0v) is 16.5. The van der Waals surface area contributed by atoms with Gasteiger partial charge in [-0.1, -0.05) is 11.3 Å². The van der Waals surface area contributed by atoms with Crippen LogP contribution in [-0.2, 0) is 12.7 Å². The average molecular weight is 426 g/mol. The van der Waals surface area contributed by atoms with Crippen molar-refractivity contribution in [3.63, 3.8) is 0 Å². The number of hydrogen-bond donors (Lipinski definition) is 3. The van der Waals surface area contributed by atoms with Gasteiger partial charge in [0.1, 0.15) is 10.8 Å². The van der Waals surface area contributed by atoms with Crippen LogP contribution in [0.1, 0.15) is 43.2 Å². The summed E-state index contributed by atoms with van der Waals surface area (Å²) in [6.07, 6.45) is 1.46. The third kappa shape index (κ3) is 4.21.